The van der Waals surface area contributed by atoms with Crippen LogP contribution in [0.4, 0.5) is 10.1 Å². The van der Waals surface area contributed by atoms with Gasteiger partial charge >= 0.3 is 0 Å². The first-order valence-electron chi connectivity index (χ1n) is 6.80. The summed E-state index contributed by atoms with van der Waals surface area (Å²) in [5.74, 6) is -0.354. The third-order valence-electron chi connectivity index (χ3n) is 3.47. The molecule has 106 valence electrons. The van der Waals surface area contributed by atoms with Crippen molar-refractivity contribution >= 4 is 22.8 Å². The van der Waals surface area contributed by atoms with Crippen LogP contribution >= 0.6 is 0 Å². The van der Waals surface area contributed by atoms with Crippen LogP contribution in [0.15, 0.2) is 47.5 Å². The van der Waals surface area contributed by atoms with E-state index >= 15 is 0 Å². The van der Waals surface area contributed by atoms with Gasteiger partial charge in [-0.1, -0.05) is 19.1 Å². The minimum Gasteiger partial charge on any atom is -0.494 e. The van der Waals surface area contributed by atoms with Gasteiger partial charge in [0, 0.05) is 17.1 Å². The number of aromatic hydroxyl groups is 1. The van der Waals surface area contributed by atoms with Gasteiger partial charge in [-0.3, -0.25) is 4.99 Å². The molecule has 21 heavy (non-hydrogen) atoms. The van der Waals surface area contributed by atoms with Gasteiger partial charge in [0.15, 0.2) is 5.88 Å². The lowest BCUT2D eigenvalue weighted by Gasteiger charge is -1.97. The zero-order chi connectivity index (χ0) is 14.8. The fourth-order valence-electron chi connectivity index (χ4n) is 2.26. The van der Waals surface area contributed by atoms with Crippen molar-refractivity contribution in [1.29, 1.82) is 0 Å². The average Bonchev–Trinajstić information content (AvgIpc) is 2.80. The zero-order valence-electron chi connectivity index (χ0n) is 11.6. The Morgan fingerprint density at radius 2 is 1.95 bits per heavy atom. The molecule has 0 unspecified atom stereocenters. The third kappa shape index (κ3) is 2.65. The number of fused-ring (bicyclic) bond motifs is 1. The van der Waals surface area contributed by atoms with Crippen LogP contribution in [0.25, 0.3) is 10.9 Å². The van der Waals surface area contributed by atoms with Crippen molar-refractivity contribution in [1.82, 2.24) is 4.98 Å². The van der Waals surface area contributed by atoms with E-state index in [1.807, 2.05) is 24.3 Å². The Labute approximate surface area is 121 Å². The number of nitrogens with one attached hydrogen (secondary N) is 1. The quantitative estimate of drug-likeness (QED) is 0.690. The predicted molar refractivity (Wildman–Crippen MR) is 83.0 cm³/mol. The highest BCUT2D eigenvalue weighted by molar-refractivity contribution is 6.02. The summed E-state index contributed by atoms with van der Waals surface area (Å²) in [7, 11) is 0. The molecule has 0 spiro atoms. The van der Waals surface area contributed by atoms with E-state index < -0.39 is 0 Å². The van der Waals surface area contributed by atoms with Crippen LogP contribution in [-0.4, -0.2) is 16.3 Å². The first-order valence-corrected chi connectivity index (χ1v) is 6.80. The van der Waals surface area contributed by atoms with Gasteiger partial charge in [-0.05, 0) is 42.3 Å². The highest BCUT2D eigenvalue weighted by atomic mass is 19.1. The number of aliphatic imine (C=N–C) groups is 1. The standard InChI is InChI=1S/C17H15FN2O/c1-2-11-3-6-13(7-4-11)19-10-15-14-9-12(18)5-8-16(14)20-17(15)21/h3-10,20-21H,2H2,1H3. The zero-order valence-corrected chi connectivity index (χ0v) is 11.6. The maximum atomic E-state index is 13.3. The molecule has 0 radical (unpaired) electrons. The van der Waals surface area contributed by atoms with E-state index in [2.05, 4.69) is 16.9 Å². The van der Waals surface area contributed by atoms with Gasteiger partial charge in [0.25, 0.3) is 0 Å². The number of aromatic nitrogens is 1. The van der Waals surface area contributed by atoms with E-state index in [1.54, 1.807) is 12.3 Å². The SMILES string of the molecule is CCc1ccc(N=Cc2c(O)[nH]c3ccc(F)cc23)cc1. The van der Waals surface area contributed by atoms with Crippen molar-refractivity contribution in [3.05, 3.63) is 59.4 Å². The molecule has 2 N–H and O–H groups in total. The molecular formula is C17H15FN2O. The fraction of sp³-hybridized carbons (Fsp3) is 0.118. The second-order valence-corrected chi connectivity index (χ2v) is 4.86. The van der Waals surface area contributed by atoms with Gasteiger partial charge in [-0.2, -0.15) is 0 Å². The summed E-state index contributed by atoms with van der Waals surface area (Å²) in [4.78, 5) is 7.14. The molecule has 2 aromatic carbocycles. The summed E-state index contributed by atoms with van der Waals surface area (Å²) in [6, 6.07) is 12.2. The van der Waals surface area contributed by atoms with Crippen LogP contribution < -0.4 is 0 Å². The van der Waals surface area contributed by atoms with E-state index in [0.717, 1.165) is 12.1 Å². The lowest BCUT2D eigenvalue weighted by Crippen LogP contribution is -1.81. The Morgan fingerprint density at radius 3 is 2.67 bits per heavy atom. The van der Waals surface area contributed by atoms with Crippen LogP contribution in [0.3, 0.4) is 0 Å². The van der Waals surface area contributed by atoms with Crippen LogP contribution in [0, 0.1) is 5.82 Å². The number of hydrogen-bond acceptors (Lipinski definition) is 2. The van der Waals surface area contributed by atoms with Crippen molar-refractivity contribution in [2.24, 2.45) is 4.99 Å². The second-order valence-electron chi connectivity index (χ2n) is 4.86. The molecule has 1 heterocycles. The summed E-state index contributed by atoms with van der Waals surface area (Å²) in [6.07, 6.45) is 2.53. The molecule has 0 atom stereocenters. The summed E-state index contributed by atoms with van der Waals surface area (Å²) in [6.45, 7) is 2.09. The van der Waals surface area contributed by atoms with Gasteiger partial charge in [-0.25, -0.2) is 4.39 Å². The normalized spacial score (nSPS) is 11.5. The van der Waals surface area contributed by atoms with Gasteiger partial charge in [0.05, 0.1) is 11.3 Å². The maximum absolute atomic E-state index is 13.3. The van der Waals surface area contributed by atoms with Crippen molar-refractivity contribution in [2.45, 2.75) is 13.3 Å². The van der Waals surface area contributed by atoms with E-state index in [-0.39, 0.29) is 11.7 Å². The monoisotopic (exact) mass is 282 g/mol. The number of benzene rings is 2. The third-order valence-corrected chi connectivity index (χ3v) is 3.47. The number of aryl methyl sites for hydroxylation is 1. The first-order chi connectivity index (χ1) is 10.2. The Bertz CT molecular complexity index is 804. The molecule has 0 saturated heterocycles. The lowest BCUT2D eigenvalue weighted by atomic mass is 10.1. The van der Waals surface area contributed by atoms with E-state index in [4.69, 9.17) is 0 Å². The number of aromatic amines is 1. The van der Waals surface area contributed by atoms with Crippen LogP contribution in [0.2, 0.25) is 0 Å². The number of H-pyrrole nitrogens is 1. The largest absolute Gasteiger partial charge is 0.494 e. The molecule has 3 rings (SSSR count). The van der Waals surface area contributed by atoms with Crippen LogP contribution in [0.1, 0.15) is 18.1 Å². The second kappa shape index (κ2) is 5.40. The van der Waals surface area contributed by atoms with Gasteiger partial charge in [0.2, 0.25) is 0 Å². The lowest BCUT2D eigenvalue weighted by molar-refractivity contribution is 0.457. The number of nitrogens with zero attached hydrogens (tertiary/aromatic N) is 1. The Balaban J connectivity index is 1.98. The summed E-state index contributed by atoms with van der Waals surface area (Å²) >= 11 is 0. The highest BCUT2D eigenvalue weighted by Gasteiger charge is 2.09. The Morgan fingerprint density at radius 1 is 1.19 bits per heavy atom. The van der Waals surface area contributed by atoms with E-state index in [9.17, 15) is 9.50 Å². The molecular weight excluding hydrogens is 267 g/mol. The van der Waals surface area contributed by atoms with Crippen molar-refractivity contribution in [2.75, 3.05) is 0 Å². The average molecular weight is 282 g/mol. The number of halogens is 1. The number of hydrogen-bond donors (Lipinski definition) is 2. The van der Waals surface area contributed by atoms with E-state index in [1.165, 1.54) is 17.7 Å². The molecule has 4 heteroatoms. The molecule has 0 saturated carbocycles. The molecule has 3 nitrogen and oxygen atoms in total. The van der Waals surface area contributed by atoms with Crippen molar-refractivity contribution in [3.8, 4) is 5.88 Å². The van der Waals surface area contributed by atoms with Gasteiger partial charge in [-0.15, -0.1) is 0 Å². The fourth-order valence-corrected chi connectivity index (χ4v) is 2.26. The molecule has 0 amide bonds. The van der Waals surface area contributed by atoms with Crippen LogP contribution in [-0.2, 0) is 6.42 Å². The number of rotatable bonds is 3. The topological polar surface area (TPSA) is 48.4 Å². The molecule has 0 fully saturated rings. The van der Waals surface area contributed by atoms with Crippen LogP contribution in [0.5, 0.6) is 5.88 Å². The molecule has 0 aliphatic rings. The summed E-state index contributed by atoms with van der Waals surface area (Å²) < 4.78 is 13.3. The summed E-state index contributed by atoms with van der Waals surface area (Å²) in [5, 5.41) is 10.5. The van der Waals surface area contributed by atoms with Crippen molar-refractivity contribution in [3.63, 3.8) is 0 Å². The van der Waals surface area contributed by atoms with E-state index in [0.29, 0.717) is 16.5 Å². The molecule has 3 aromatic rings. The molecule has 0 bridgehead atoms. The minimum atomic E-state index is -0.344. The minimum absolute atomic E-state index is 0.00970. The van der Waals surface area contributed by atoms with Gasteiger partial charge < -0.3 is 10.1 Å². The highest BCUT2D eigenvalue weighted by Crippen LogP contribution is 2.27. The molecule has 0 aliphatic heterocycles. The molecule has 1 aromatic heterocycles. The summed E-state index contributed by atoms with van der Waals surface area (Å²) in [5.41, 5.74) is 3.20. The Hall–Kier alpha value is -2.62. The molecule has 0 aliphatic carbocycles. The Kier molecular flexibility index (Phi) is 3.44. The smallest absolute Gasteiger partial charge is 0.198 e. The van der Waals surface area contributed by atoms with Crippen molar-refractivity contribution < 1.29 is 9.50 Å². The van der Waals surface area contributed by atoms with Gasteiger partial charge in [0.1, 0.15) is 5.82 Å². The predicted octanol–water partition coefficient (Wildman–Crippen LogP) is 4.33. The first kappa shape index (κ1) is 13.4. The maximum Gasteiger partial charge on any atom is 0.198 e.